The molecule has 0 aliphatic carbocycles. The Bertz CT molecular complexity index is 596. The molecule has 3 aromatic rings. The third-order valence-corrected chi connectivity index (χ3v) is 2.47. The first kappa shape index (κ1) is 13.0. The Balaban J connectivity index is 0.000000186. The summed E-state index contributed by atoms with van der Waals surface area (Å²) in [6.07, 6.45) is 5.26. The van der Waals surface area contributed by atoms with Crippen LogP contribution in [0.4, 0.5) is 5.82 Å². The maximum absolute atomic E-state index is 4.39. The average molecular weight is 252 g/mol. The third kappa shape index (κ3) is 3.74. The summed E-state index contributed by atoms with van der Waals surface area (Å²) in [4.78, 5) is 14.3. The van der Waals surface area contributed by atoms with Crippen molar-refractivity contribution >= 4 is 16.9 Å². The second kappa shape index (κ2) is 6.44. The van der Waals surface area contributed by atoms with E-state index >= 15 is 0 Å². The van der Waals surface area contributed by atoms with E-state index in [1.807, 2.05) is 61.5 Å². The first-order chi connectivity index (χ1) is 9.27. The van der Waals surface area contributed by atoms with Gasteiger partial charge in [0.25, 0.3) is 0 Å². The van der Waals surface area contributed by atoms with E-state index in [0.717, 1.165) is 16.9 Å². The molecule has 0 aliphatic heterocycles. The Hall–Kier alpha value is -2.49. The van der Waals surface area contributed by atoms with E-state index in [2.05, 4.69) is 15.0 Å². The van der Waals surface area contributed by atoms with Crippen LogP contribution >= 0.6 is 0 Å². The maximum Gasteiger partial charge on any atom is 0.161 e. The van der Waals surface area contributed by atoms with E-state index < -0.39 is 0 Å². The molecule has 4 heteroatoms. The van der Waals surface area contributed by atoms with E-state index in [0.29, 0.717) is 0 Å². The van der Waals surface area contributed by atoms with Crippen molar-refractivity contribution in [1.29, 1.82) is 0 Å². The van der Waals surface area contributed by atoms with Gasteiger partial charge in [-0.05, 0) is 36.4 Å². The summed E-state index contributed by atoms with van der Waals surface area (Å²) in [5.74, 6) is 0.936. The number of nitrogens with zero attached hydrogens (tertiary/aromatic N) is 4. The van der Waals surface area contributed by atoms with Crippen LogP contribution in [0.25, 0.3) is 11.0 Å². The normalized spacial score (nSPS) is 9.58. The van der Waals surface area contributed by atoms with E-state index in [1.165, 1.54) is 0 Å². The zero-order chi connectivity index (χ0) is 13.5. The highest BCUT2D eigenvalue weighted by Gasteiger charge is 1.98. The Morgan fingerprint density at radius 2 is 1.63 bits per heavy atom. The van der Waals surface area contributed by atoms with E-state index in [9.17, 15) is 0 Å². The minimum absolute atomic E-state index is 0.800. The molecule has 0 saturated heterocycles. The van der Waals surface area contributed by atoms with Gasteiger partial charge in [0.1, 0.15) is 5.82 Å². The zero-order valence-corrected chi connectivity index (χ0v) is 11.1. The van der Waals surface area contributed by atoms with Gasteiger partial charge in [0.2, 0.25) is 0 Å². The van der Waals surface area contributed by atoms with Gasteiger partial charge < -0.3 is 4.90 Å². The van der Waals surface area contributed by atoms with Crippen molar-refractivity contribution in [2.24, 2.45) is 0 Å². The quantitative estimate of drug-likeness (QED) is 0.668. The van der Waals surface area contributed by atoms with Crippen LogP contribution in [0, 0.1) is 0 Å². The molecule has 0 N–H and O–H groups in total. The minimum atomic E-state index is 0.800. The SMILES string of the molecule is CN(C)c1ccc2cccnc2n1.c1ccncc1. The lowest BCUT2D eigenvalue weighted by atomic mass is 10.3. The van der Waals surface area contributed by atoms with Crippen LogP contribution in [0.5, 0.6) is 0 Å². The highest BCUT2D eigenvalue weighted by atomic mass is 15.1. The molecule has 4 nitrogen and oxygen atoms in total. The van der Waals surface area contributed by atoms with Crippen molar-refractivity contribution in [2.75, 3.05) is 19.0 Å². The van der Waals surface area contributed by atoms with Crippen LogP contribution in [0.15, 0.2) is 61.1 Å². The lowest BCUT2D eigenvalue weighted by molar-refractivity contribution is 1.07. The van der Waals surface area contributed by atoms with Crippen LogP contribution in [0.3, 0.4) is 0 Å². The summed E-state index contributed by atoms with van der Waals surface area (Å²) in [5, 5.41) is 1.08. The Kier molecular flexibility index (Phi) is 4.39. The van der Waals surface area contributed by atoms with Crippen LogP contribution in [0.1, 0.15) is 0 Å². The molecule has 3 aromatic heterocycles. The largest absolute Gasteiger partial charge is 0.363 e. The summed E-state index contributed by atoms with van der Waals surface area (Å²) >= 11 is 0. The number of fused-ring (bicyclic) bond motifs is 1. The molecule has 0 amide bonds. The van der Waals surface area contributed by atoms with Gasteiger partial charge in [0.05, 0.1) is 0 Å². The van der Waals surface area contributed by atoms with Gasteiger partial charge in [-0.3, -0.25) is 4.98 Å². The Morgan fingerprint density at radius 1 is 0.842 bits per heavy atom. The average Bonchev–Trinajstić information content (AvgIpc) is 2.49. The molecule has 0 unspecified atom stereocenters. The molecule has 0 atom stereocenters. The predicted molar refractivity (Wildman–Crippen MR) is 78.1 cm³/mol. The van der Waals surface area contributed by atoms with Crippen molar-refractivity contribution in [1.82, 2.24) is 15.0 Å². The molecule has 0 aliphatic rings. The fourth-order valence-corrected chi connectivity index (χ4v) is 1.50. The summed E-state index contributed by atoms with van der Waals surface area (Å²) in [6, 6.07) is 13.7. The smallest absolute Gasteiger partial charge is 0.161 e. The summed E-state index contributed by atoms with van der Waals surface area (Å²) in [5.41, 5.74) is 0.800. The fourth-order valence-electron chi connectivity index (χ4n) is 1.50. The third-order valence-electron chi connectivity index (χ3n) is 2.47. The van der Waals surface area contributed by atoms with Crippen molar-refractivity contribution in [3.63, 3.8) is 0 Å². The summed E-state index contributed by atoms with van der Waals surface area (Å²) in [7, 11) is 3.94. The maximum atomic E-state index is 4.39. The first-order valence-corrected chi connectivity index (χ1v) is 6.01. The second-order valence-corrected chi connectivity index (χ2v) is 4.14. The number of anilines is 1. The van der Waals surface area contributed by atoms with Crippen molar-refractivity contribution < 1.29 is 0 Å². The van der Waals surface area contributed by atoms with Crippen molar-refractivity contribution in [3.8, 4) is 0 Å². The summed E-state index contributed by atoms with van der Waals surface area (Å²) in [6.45, 7) is 0. The lowest BCUT2D eigenvalue weighted by Crippen LogP contribution is -2.10. The van der Waals surface area contributed by atoms with Crippen LogP contribution in [0.2, 0.25) is 0 Å². The van der Waals surface area contributed by atoms with Crippen molar-refractivity contribution in [3.05, 3.63) is 61.1 Å². The van der Waals surface area contributed by atoms with Gasteiger partial charge in [0, 0.05) is 38.1 Å². The summed E-state index contributed by atoms with van der Waals surface area (Å²) < 4.78 is 0. The number of hydrogen-bond donors (Lipinski definition) is 0. The van der Waals surface area contributed by atoms with Gasteiger partial charge in [0.15, 0.2) is 5.65 Å². The first-order valence-electron chi connectivity index (χ1n) is 6.01. The molecular weight excluding hydrogens is 236 g/mol. The van der Waals surface area contributed by atoms with Gasteiger partial charge in [-0.25, -0.2) is 9.97 Å². The number of pyridine rings is 3. The molecule has 0 radical (unpaired) electrons. The molecular formula is C15H16N4. The predicted octanol–water partition coefficient (Wildman–Crippen LogP) is 2.78. The Morgan fingerprint density at radius 3 is 2.21 bits per heavy atom. The minimum Gasteiger partial charge on any atom is -0.363 e. The second-order valence-electron chi connectivity index (χ2n) is 4.14. The van der Waals surface area contributed by atoms with Gasteiger partial charge in [-0.15, -0.1) is 0 Å². The van der Waals surface area contributed by atoms with Crippen LogP contribution in [-0.2, 0) is 0 Å². The molecule has 0 spiro atoms. The molecule has 3 rings (SSSR count). The highest BCUT2D eigenvalue weighted by molar-refractivity contribution is 5.76. The van der Waals surface area contributed by atoms with Crippen molar-refractivity contribution in [2.45, 2.75) is 0 Å². The van der Waals surface area contributed by atoms with Gasteiger partial charge >= 0.3 is 0 Å². The van der Waals surface area contributed by atoms with E-state index in [1.54, 1.807) is 18.6 Å². The highest BCUT2D eigenvalue weighted by Crippen LogP contribution is 2.13. The standard InChI is InChI=1S/C10H11N3.C5H5N/c1-13(2)9-6-5-8-4-3-7-11-10(8)12-9;1-2-4-6-5-3-1/h3-7H,1-2H3;1-5H. The van der Waals surface area contributed by atoms with Crippen LogP contribution < -0.4 is 4.90 Å². The van der Waals surface area contributed by atoms with E-state index in [-0.39, 0.29) is 0 Å². The molecule has 0 aromatic carbocycles. The number of hydrogen-bond acceptors (Lipinski definition) is 4. The molecule has 0 saturated carbocycles. The molecule has 96 valence electrons. The number of aromatic nitrogens is 3. The monoisotopic (exact) mass is 252 g/mol. The Labute approximate surface area is 112 Å². The molecule has 19 heavy (non-hydrogen) atoms. The van der Waals surface area contributed by atoms with Gasteiger partial charge in [-0.2, -0.15) is 0 Å². The fraction of sp³-hybridized carbons (Fsp3) is 0.133. The topological polar surface area (TPSA) is 41.9 Å². The zero-order valence-electron chi connectivity index (χ0n) is 11.1. The lowest BCUT2D eigenvalue weighted by Gasteiger charge is -2.10. The molecule has 0 bridgehead atoms. The molecule has 3 heterocycles. The number of rotatable bonds is 1. The van der Waals surface area contributed by atoms with E-state index in [4.69, 9.17) is 0 Å². The van der Waals surface area contributed by atoms with Gasteiger partial charge in [-0.1, -0.05) is 6.07 Å². The van der Waals surface area contributed by atoms with Crippen LogP contribution in [-0.4, -0.2) is 29.0 Å². The molecule has 0 fully saturated rings.